The molecule has 0 aromatic carbocycles. The highest BCUT2D eigenvalue weighted by Crippen LogP contribution is 2.35. The van der Waals surface area contributed by atoms with E-state index < -0.39 is 15.6 Å². The Morgan fingerprint density at radius 1 is 0.900 bits per heavy atom. The van der Waals surface area contributed by atoms with Gasteiger partial charge in [-0.3, -0.25) is 9.13 Å². The summed E-state index contributed by atoms with van der Waals surface area (Å²) in [4.78, 5) is 19.9. The van der Waals surface area contributed by atoms with Crippen molar-refractivity contribution in [1.82, 2.24) is 9.13 Å². The molecule has 0 atom stereocenters. The smallest absolute Gasteiger partial charge is 0.267 e. The van der Waals surface area contributed by atoms with Gasteiger partial charge >= 0.3 is 0 Å². The molecule has 0 aliphatic carbocycles. The number of imidazole rings is 2. The van der Waals surface area contributed by atoms with Crippen LogP contribution in [0.1, 0.15) is 0 Å². The Hall–Kier alpha value is -1.62. The van der Waals surface area contributed by atoms with Gasteiger partial charge in [-0.05, 0) is 0 Å². The lowest BCUT2D eigenvalue weighted by atomic mass is 10.6. The molecule has 12 nitrogen and oxygen atoms in total. The van der Waals surface area contributed by atoms with Crippen LogP contribution >= 0.6 is 15.6 Å². The molecule has 0 amide bonds. The van der Waals surface area contributed by atoms with Crippen LogP contribution in [0.4, 0.5) is 0 Å². The van der Waals surface area contributed by atoms with Crippen LogP contribution in [-0.4, -0.2) is 37.6 Å². The van der Waals surface area contributed by atoms with Crippen molar-refractivity contribution >= 4 is 15.6 Å². The number of rotatable bonds is 6. The summed E-state index contributed by atoms with van der Waals surface area (Å²) in [5.74, 6) is 0. The lowest BCUT2D eigenvalue weighted by molar-refractivity contribution is -0.671. The molecule has 30 heavy (non-hydrogen) atoms. The Bertz CT molecular complexity index is 752. The van der Waals surface area contributed by atoms with Crippen molar-refractivity contribution in [1.29, 1.82) is 0 Å². The van der Waals surface area contributed by atoms with Crippen LogP contribution in [-0.2, 0) is 54.9 Å². The van der Waals surface area contributed by atoms with Gasteiger partial charge in [-0.1, -0.05) is 12.7 Å². The highest BCUT2D eigenvalue weighted by molar-refractivity contribution is 7.46. The molecule has 14 heteroatoms. The number of hydrogen-bond acceptors (Lipinski definition) is 8. The molecule has 0 fully saturated rings. The fourth-order valence-corrected chi connectivity index (χ4v) is 1.78. The summed E-state index contributed by atoms with van der Waals surface area (Å²) in [5.41, 5.74) is 0. The molecule has 2 aromatic heterocycles. The summed E-state index contributed by atoms with van der Waals surface area (Å²) in [7, 11) is 2.35. The third-order valence-corrected chi connectivity index (χ3v) is 4.75. The minimum atomic E-state index is -3.90. The first-order valence-corrected chi connectivity index (χ1v) is 11.2. The molecule has 174 valence electrons. The SMILES string of the molecule is C=CCn1cc[n+](C)c1.COP(=O)([O-])OC.COP(=O)([O-])OC.Cn1cc[n+](C)c1. The molecule has 2 heterocycles. The maximum absolute atomic E-state index is 9.95. The Balaban J connectivity index is 0. The number of hydrogen-bond donors (Lipinski definition) is 0. The largest absolute Gasteiger partial charge is 0.756 e. The van der Waals surface area contributed by atoms with E-state index in [0.717, 1.165) is 35.0 Å². The topological polar surface area (TPSA) is 135 Å². The fourth-order valence-electron chi connectivity index (χ4n) is 1.48. The summed E-state index contributed by atoms with van der Waals surface area (Å²) in [6, 6.07) is 0. The van der Waals surface area contributed by atoms with E-state index in [1.807, 2.05) is 78.4 Å². The molecule has 2 rings (SSSR count). The molecule has 0 aliphatic rings. The number of phosphoric ester groups is 2. The van der Waals surface area contributed by atoms with Crippen LogP contribution < -0.4 is 18.9 Å². The summed E-state index contributed by atoms with van der Waals surface area (Å²) < 4.78 is 43.4. The van der Waals surface area contributed by atoms with E-state index in [0.29, 0.717) is 0 Å². The van der Waals surface area contributed by atoms with Gasteiger partial charge in [0.25, 0.3) is 15.6 Å². The van der Waals surface area contributed by atoms with Gasteiger partial charge < -0.3 is 27.9 Å². The Morgan fingerprint density at radius 3 is 1.47 bits per heavy atom. The molecule has 0 saturated heterocycles. The van der Waals surface area contributed by atoms with Crippen LogP contribution in [0.25, 0.3) is 0 Å². The molecule has 0 radical (unpaired) electrons. The van der Waals surface area contributed by atoms with Crippen LogP contribution in [0.3, 0.4) is 0 Å². The average Bonchev–Trinajstić information content (AvgIpc) is 3.30. The van der Waals surface area contributed by atoms with E-state index in [4.69, 9.17) is 0 Å². The maximum Gasteiger partial charge on any atom is 0.267 e. The van der Waals surface area contributed by atoms with Crippen molar-refractivity contribution in [2.75, 3.05) is 28.4 Å². The highest BCUT2D eigenvalue weighted by Gasteiger charge is 1.99. The molecule has 0 saturated carbocycles. The standard InChI is InChI=1S/C7H11N2.C5H9N2.2C2H7O4P/c1-3-4-9-6-5-8(2)7-9;1-6-3-4-7(2)5-6;2*1-5-7(3,4)6-2/h3,5-7H,1,4H2,2H3;3-5H,1-2H3;2*1-2H3,(H,3,4)/q2*+1;;/p-2. The second-order valence-corrected chi connectivity index (χ2v) is 8.68. The first-order valence-electron chi connectivity index (χ1n) is 8.30. The van der Waals surface area contributed by atoms with E-state index in [-0.39, 0.29) is 0 Å². The van der Waals surface area contributed by atoms with Crippen molar-refractivity contribution < 1.29 is 46.1 Å². The number of allylic oxidation sites excluding steroid dienone is 1. The molecular weight excluding hydrogens is 438 g/mol. The third-order valence-electron chi connectivity index (χ3n) is 2.96. The highest BCUT2D eigenvalue weighted by atomic mass is 31.2. The van der Waals surface area contributed by atoms with Crippen LogP contribution in [0.2, 0.25) is 0 Å². The van der Waals surface area contributed by atoms with E-state index in [1.54, 1.807) is 0 Å². The minimum absolute atomic E-state index is 0.890. The zero-order chi connectivity index (χ0) is 23.8. The lowest BCUT2D eigenvalue weighted by Gasteiger charge is -2.16. The van der Waals surface area contributed by atoms with Gasteiger partial charge in [0.1, 0.15) is 31.3 Å². The van der Waals surface area contributed by atoms with Gasteiger partial charge in [-0.25, -0.2) is 18.3 Å². The van der Waals surface area contributed by atoms with E-state index in [1.165, 1.54) is 0 Å². The van der Waals surface area contributed by atoms with Gasteiger partial charge in [-0.15, -0.1) is 0 Å². The minimum Gasteiger partial charge on any atom is -0.756 e. The Labute approximate surface area is 177 Å². The number of nitrogens with zero attached hydrogens (tertiary/aromatic N) is 4. The Kier molecular flexibility index (Phi) is 16.4. The number of aryl methyl sites for hydroxylation is 3. The molecule has 0 spiro atoms. The van der Waals surface area contributed by atoms with Crippen molar-refractivity contribution in [3.05, 3.63) is 50.1 Å². The first kappa shape index (κ1) is 30.6. The molecular formula is C16H32N4O8P2. The monoisotopic (exact) mass is 470 g/mol. The predicted octanol–water partition coefficient (Wildman–Crippen LogP) is -0.157. The van der Waals surface area contributed by atoms with Crippen molar-refractivity contribution in [3.63, 3.8) is 0 Å². The normalized spacial score (nSPS) is 10.6. The maximum atomic E-state index is 9.95. The van der Waals surface area contributed by atoms with Crippen LogP contribution in [0.15, 0.2) is 50.1 Å². The van der Waals surface area contributed by atoms with Crippen molar-refractivity contribution in [3.8, 4) is 0 Å². The summed E-state index contributed by atoms with van der Waals surface area (Å²) >= 11 is 0. The summed E-state index contributed by atoms with van der Waals surface area (Å²) in [5, 5.41) is 0. The van der Waals surface area contributed by atoms with Gasteiger partial charge in [-0.2, -0.15) is 0 Å². The molecule has 0 bridgehead atoms. The zero-order valence-corrected chi connectivity index (χ0v) is 20.2. The van der Waals surface area contributed by atoms with Gasteiger partial charge in [0, 0.05) is 28.4 Å². The third kappa shape index (κ3) is 17.3. The predicted molar refractivity (Wildman–Crippen MR) is 106 cm³/mol. The molecule has 0 unspecified atom stereocenters. The second-order valence-electron chi connectivity index (χ2n) is 5.43. The average molecular weight is 470 g/mol. The van der Waals surface area contributed by atoms with Gasteiger partial charge in [0.15, 0.2) is 0 Å². The van der Waals surface area contributed by atoms with Crippen molar-refractivity contribution in [2.24, 2.45) is 21.1 Å². The summed E-state index contributed by atoms with van der Waals surface area (Å²) in [6.45, 7) is 4.52. The lowest BCUT2D eigenvalue weighted by Crippen LogP contribution is -2.23. The number of aromatic nitrogens is 4. The first-order chi connectivity index (χ1) is 13.9. The molecule has 0 aliphatic heterocycles. The van der Waals surface area contributed by atoms with Crippen LogP contribution in [0.5, 0.6) is 0 Å². The van der Waals surface area contributed by atoms with Crippen molar-refractivity contribution in [2.45, 2.75) is 6.54 Å². The van der Waals surface area contributed by atoms with E-state index in [9.17, 15) is 18.9 Å². The quantitative estimate of drug-likeness (QED) is 0.323. The van der Waals surface area contributed by atoms with Crippen LogP contribution in [0, 0.1) is 0 Å². The van der Waals surface area contributed by atoms with Gasteiger partial charge in [0.05, 0.1) is 21.1 Å². The summed E-state index contributed by atoms with van der Waals surface area (Å²) in [6.07, 6.45) is 13.9. The second kappa shape index (κ2) is 16.1. The fraction of sp³-hybridized carbons (Fsp3) is 0.500. The molecule has 0 N–H and O–H groups in total. The number of phosphoric acid groups is 2. The zero-order valence-electron chi connectivity index (χ0n) is 18.4. The van der Waals surface area contributed by atoms with Gasteiger partial charge in [0.2, 0.25) is 12.7 Å². The van der Waals surface area contributed by atoms with E-state index in [2.05, 4.69) is 29.2 Å². The van der Waals surface area contributed by atoms with E-state index >= 15 is 0 Å². The Morgan fingerprint density at radius 2 is 1.30 bits per heavy atom. The molecule has 2 aromatic rings.